The summed E-state index contributed by atoms with van der Waals surface area (Å²) in [5, 5.41) is 21.5. The van der Waals surface area contributed by atoms with Crippen LogP contribution in [0.4, 0.5) is 13.2 Å². The van der Waals surface area contributed by atoms with Crippen LogP contribution in [0.1, 0.15) is 39.3 Å². The van der Waals surface area contributed by atoms with E-state index in [1.807, 2.05) is 54.7 Å². The van der Waals surface area contributed by atoms with E-state index in [0.29, 0.717) is 25.9 Å². The van der Waals surface area contributed by atoms with Crippen molar-refractivity contribution in [3.05, 3.63) is 70.7 Å². The number of carboxylic acid groups (broad SMARTS) is 2. The number of pyridine rings is 1. The summed E-state index contributed by atoms with van der Waals surface area (Å²) >= 11 is 0. The molecule has 184 valence electrons. The molecule has 0 saturated heterocycles. The third-order valence-corrected chi connectivity index (χ3v) is 5.22. The zero-order valence-electron chi connectivity index (χ0n) is 18.5. The number of rotatable bonds is 6. The number of benzene rings is 1. The maximum Gasteiger partial charge on any atom is 0.490 e. The smallest absolute Gasteiger partial charge is 0.477 e. The Bertz CT molecular complexity index is 1240. The van der Waals surface area contributed by atoms with Crippen LogP contribution >= 0.6 is 0 Å². The number of alkyl halides is 3. The van der Waals surface area contributed by atoms with Gasteiger partial charge in [0.2, 0.25) is 0 Å². The molecular formula is C24H23F3N4O4. The lowest BCUT2D eigenvalue weighted by molar-refractivity contribution is -0.192. The van der Waals surface area contributed by atoms with Crippen molar-refractivity contribution >= 4 is 24.1 Å². The predicted molar refractivity (Wildman–Crippen MR) is 123 cm³/mol. The average Bonchev–Trinajstić information content (AvgIpc) is 3.21. The van der Waals surface area contributed by atoms with E-state index >= 15 is 0 Å². The van der Waals surface area contributed by atoms with E-state index in [1.165, 1.54) is 0 Å². The third kappa shape index (κ3) is 6.33. The molecule has 0 spiro atoms. The molecule has 0 radical (unpaired) electrons. The van der Waals surface area contributed by atoms with E-state index in [-0.39, 0.29) is 5.69 Å². The highest BCUT2D eigenvalue weighted by Gasteiger charge is 2.38. The Hall–Kier alpha value is -3.99. The van der Waals surface area contributed by atoms with Crippen molar-refractivity contribution in [2.24, 2.45) is 5.73 Å². The number of hydrogen-bond donors (Lipinski definition) is 3. The largest absolute Gasteiger partial charge is 0.490 e. The maximum absolute atomic E-state index is 11.8. The van der Waals surface area contributed by atoms with E-state index in [2.05, 4.69) is 10.1 Å². The van der Waals surface area contributed by atoms with Crippen molar-refractivity contribution in [2.45, 2.75) is 32.0 Å². The molecule has 0 bridgehead atoms. The number of hydrogen-bond acceptors (Lipinski definition) is 5. The van der Waals surface area contributed by atoms with Crippen LogP contribution in [0, 0.1) is 0 Å². The highest BCUT2D eigenvalue weighted by molar-refractivity contribution is 5.91. The zero-order chi connectivity index (χ0) is 25.6. The lowest BCUT2D eigenvalue weighted by Crippen LogP contribution is -2.21. The van der Waals surface area contributed by atoms with Gasteiger partial charge in [0, 0.05) is 23.9 Å². The first-order chi connectivity index (χ1) is 16.6. The van der Waals surface area contributed by atoms with E-state index in [1.54, 1.807) is 4.68 Å². The minimum Gasteiger partial charge on any atom is -0.477 e. The number of aromatic nitrogens is 3. The van der Waals surface area contributed by atoms with Gasteiger partial charge in [-0.05, 0) is 49.1 Å². The van der Waals surface area contributed by atoms with Gasteiger partial charge in [0.05, 0.1) is 11.4 Å². The number of fused-ring (bicyclic) bond motifs is 3. The third-order valence-electron chi connectivity index (χ3n) is 5.22. The van der Waals surface area contributed by atoms with Crippen molar-refractivity contribution in [1.82, 2.24) is 14.8 Å². The first-order valence-corrected chi connectivity index (χ1v) is 10.7. The van der Waals surface area contributed by atoms with Gasteiger partial charge in [-0.25, -0.2) is 9.59 Å². The zero-order valence-corrected chi connectivity index (χ0v) is 18.5. The Balaban J connectivity index is 0.000000429. The molecule has 2 aromatic heterocycles. The quantitative estimate of drug-likeness (QED) is 0.480. The number of carbonyl (C=O) groups is 2. The van der Waals surface area contributed by atoms with E-state index < -0.39 is 18.1 Å². The van der Waals surface area contributed by atoms with Crippen molar-refractivity contribution in [1.29, 1.82) is 0 Å². The second-order valence-electron chi connectivity index (χ2n) is 7.66. The van der Waals surface area contributed by atoms with Crippen molar-refractivity contribution in [2.75, 3.05) is 6.54 Å². The van der Waals surface area contributed by atoms with E-state index in [9.17, 15) is 23.1 Å². The Morgan fingerprint density at radius 3 is 2.40 bits per heavy atom. The van der Waals surface area contributed by atoms with E-state index in [0.717, 1.165) is 40.1 Å². The van der Waals surface area contributed by atoms with Gasteiger partial charge >= 0.3 is 18.1 Å². The lowest BCUT2D eigenvalue weighted by Gasteiger charge is -2.15. The predicted octanol–water partition coefficient (Wildman–Crippen LogP) is 3.89. The molecule has 0 atom stereocenters. The van der Waals surface area contributed by atoms with Gasteiger partial charge in [0.1, 0.15) is 5.69 Å². The van der Waals surface area contributed by atoms with Gasteiger partial charge in [0.15, 0.2) is 0 Å². The van der Waals surface area contributed by atoms with Gasteiger partial charge in [-0.3, -0.25) is 9.67 Å². The molecule has 1 aromatic carbocycles. The lowest BCUT2D eigenvalue weighted by atomic mass is 9.89. The molecular weight excluding hydrogens is 465 g/mol. The fraction of sp³-hybridized carbons (Fsp3) is 0.250. The van der Waals surface area contributed by atoms with Crippen molar-refractivity contribution < 1.29 is 33.0 Å². The number of halogens is 3. The molecule has 0 saturated carbocycles. The van der Waals surface area contributed by atoms with Gasteiger partial charge in [-0.2, -0.15) is 18.3 Å². The standard InChI is InChI=1S/C22H22N4O2.C2HF3O2/c23-11-4-12-26-21(22(27)28)18-10-8-16-14-24-17(13-19(16)20(18)25-26)9-7-15-5-2-1-3-6-15;3-2(4,5)1(6)7/h1-3,5-7,9,13-14H,4,8,10-12,23H2,(H,27,28);(H,6,7)/b9-7+;. The normalized spacial score (nSPS) is 12.5. The second-order valence-corrected chi connectivity index (χ2v) is 7.66. The molecule has 35 heavy (non-hydrogen) atoms. The number of carboxylic acids is 2. The van der Waals surface area contributed by atoms with Crippen LogP contribution in [0.5, 0.6) is 0 Å². The molecule has 4 N–H and O–H groups in total. The van der Waals surface area contributed by atoms with Crippen LogP contribution in [0.15, 0.2) is 42.6 Å². The minimum atomic E-state index is -5.08. The van der Waals surface area contributed by atoms with Crippen LogP contribution in [0.3, 0.4) is 0 Å². The number of aromatic carboxylic acids is 1. The summed E-state index contributed by atoms with van der Waals surface area (Å²) in [6.07, 6.45) is 2.89. The molecule has 1 aliphatic rings. The van der Waals surface area contributed by atoms with Crippen LogP contribution in [-0.2, 0) is 24.2 Å². The molecule has 2 heterocycles. The molecule has 3 aromatic rings. The summed E-state index contributed by atoms with van der Waals surface area (Å²) in [6, 6.07) is 12.0. The Labute approximate surface area is 198 Å². The number of aliphatic carboxylic acids is 1. The summed E-state index contributed by atoms with van der Waals surface area (Å²) in [4.78, 5) is 25.3. The highest BCUT2D eigenvalue weighted by atomic mass is 19.4. The summed E-state index contributed by atoms with van der Waals surface area (Å²) in [5.41, 5.74) is 11.4. The number of nitrogens with zero attached hydrogens (tertiary/aromatic N) is 3. The Kier molecular flexibility index (Phi) is 8.02. The molecule has 8 nitrogen and oxygen atoms in total. The fourth-order valence-electron chi connectivity index (χ4n) is 3.61. The summed E-state index contributed by atoms with van der Waals surface area (Å²) in [6.45, 7) is 1.00. The molecule has 0 unspecified atom stereocenters. The van der Waals surface area contributed by atoms with Gasteiger partial charge in [-0.15, -0.1) is 0 Å². The van der Waals surface area contributed by atoms with Crippen LogP contribution in [-0.4, -0.2) is 49.6 Å². The summed E-state index contributed by atoms with van der Waals surface area (Å²) < 4.78 is 33.3. The Morgan fingerprint density at radius 2 is 1.80 bits per heavy atom. The fourth-order valence-corrected chi connectivity index (χ4v) is 3.61. The van der Waals surface area contributed by atoms with Crippen LogP contribution < -0.4 is 5.73 Å². The van der Waals surface area contributed by atoms with Gasteiger partial charge in [0.25, 0.3) is 0 Å². The maximum atomic E-state index is 11.8. The van der Waals surface area contributed by atoms with E-state index in [4.69, 9.17) is 15.6 Å². The number of aryl methyl sites for hydroxylation is 2. The molecule has 11 heteroatoms. The first-order valence-electron chi connectivity index (χ1n) is 10.7. The SMILES string of the molecule is NCCCn1nc2c(c1C(=O)O)CCc1cnc(/C=C/c3ccccc3)cc1-2.O=C(O)C(F)(F)F. The van der Waals surface area contributed by atoms with Gasteiger partial charge < -0.3 is 15.9 Å². The van der Waals surface area contributed by atoms with Crippen molar-refractivity contribution in [3.63, 3.8) is 0 Å². The minimum absolute atomic E-state index is 0.285. The summed E-state index contributed by atoms with van der Waals surface area (Å²) in [7, 11) is 0. The second kappa shape index (κ2) is 11.0. The Morgan fingerprint density at radius 1 is 1.11 bits per heavy atom. The molecule has 1 aliphatic carbocycles. The van der Waals surface area contributed by atoms with Crippen LogP contribution in [0.2, 0.25) is 0 Å². The monoisotopic (exact) mass is 488 g/mol. The van der Waals surface area contributed by atoms with Crippen molar-refractivity contribution in [3.8, 4) is 11.3 Å². The summed E-state index contributed by atoms with van der Waals surface area (Å²) in [5.74, 6) is -3.69. The number of nitrogens with two attached hydrogens (primary N) is 1. The van der Waals surface area contributed by atoms with Crippen LogP contribution in [0.25, 0.3) is 23.4 Å². The average molecular weight is 488 g/mol. The molecule has 0 aliphatic heterocycles. The van der Waals surface area contributed by atoms with Gasteiger partial charge in [-0.1, -0.05) is 36.4 Å². The molecule has 0 fully saturated rings. The highest BCUT2D eigenvalue weighted by Crippen LogP contribution is 2.35. The molecule has 4 rings (SSSR count). The first kappa shape index (κ1) is 25.6. The molecule has 0 amide bonds. The topological polar surface area (TPSA) is 131 Å².